The fourth-order valence-electron chi connectivity index (χ4n) is 7.78. The maximum absolute atomic E-state index is 14.0. The molecule has 0 saturated heterocycles. The van der Waals surface area contributed by atoms with E-state index in [2.05, 4.69) is 22.3 Å². The van der Waals surface area contributed by atoms with E-state index in [1.807, 2.05) is 91.9 Å². The smallest absolute Gasteiger partial charge is 0.360 e. The van der Waals surface area contributed by atoms with E-state index in [0.717, 1.165) is 33.3 Å². The van der Waals surface area contributed by atoms with Crippen LogP contribution in [0.15, 0.2) is 118 Å². The molecule has 1 unspecified atom stereocenters. The normalized spacial score (nSPS) is 19.8. The second kappa shape index (κ2) is 13.1. The van der Waals surface area contributed by atoms with Crippen LogP contribution in [0.25, 0.3) is 11.0 Å². The highest BCUT2D eigenvalue weighted by atomic mass is 16.5. The first-order chi connectivity index (χ1) is 23.9. The van der Waals surface area contributed by atoms with Crippen LogP contribution in [-0.4, -0.2) is 39.3 Å². The van der Waals surface area contributed by atoms with Gasteiger partial charge < -0.3 is 33.6 Å². The lowest BCUT2D eigenvalue weighted by molar-refractivity contribution is -0.137. The van der Waals surface area contributed by atoms with Crippen LogP contribution in [0.1, 0.15) is 47.2 Å². The van der Waals surface area contributed by atoms with Crippen LogP contribution in [-0.2, 0) is 16.1 Å². The molecule has 0 amide bonds. The number of ether oxygens (including phenoxy) is 4. The molecule has 0 bridgehead atoms. The van der Waals surface area contributed by atoms with Gasteiger partial charge in [-0.2, -0.15) is 0 Å². The van der Waals surface area contributed by atoms with Gasteiger partial charge in [-0.15, -0.1) is 0 Å². The van der Waals surface area contributed by atoms with E-state index in [1.165, 1.54) is 7.11 Å². The largest absolute Gasteiger partial charge is 0.493 e. The van der Waals surface area contributed by atoms with Gasteiger partial charge in [-0.3, -0.25) is 0 Å². The second-order valence-corrected chi connectivity index (χ2v) is 12.3. The molecule has 1 aromatic heterocycles. The fourth-order valence-corrected chi connectivity index (χ4v) is 7.78. The zero-order valence-corrected chi connectivity index (χ0v) is 28.1. The van der Waals surface area contributed by atoms with E-state index in [0.29, 0.717) is 40.6 Å². The van der Waals surface area contributed by atoms with Crippen molar-refractivity contribution in [1.82, 2.24) is 4.90 Å². The Hall–Kier alpha value is -5.70. The molecule has 9 nitrogen and oxygen atoms in total. The Morgan fingerprint density at radius 1 is 0.816 bits per heavy atom. The van der Waals surface area contributed by atoms with Crippen molar-refractivity contribution in [2.24, 2.45) is 5.92 Å². The van der Waals surface area contributed by atoms with E-state index in [9.17, 15) is 9.59 Å². The van der Waals surface area contributed by atoms with Crippen molar-refractivity contribution in [3.63, 3.8) is 0 Å². The quantitative estimate of drug-likeness (QED) is 0.135. The lowest BCUT2D eigenvalue weighted by Crippen LogP contribution is -2.49. The van der Waals surface area contributed by atoms with Crippen LogP contribution >= 0.6 is 0 Å². The third-order valence-corrected chi connectivity index (χ3v) is 9.86. The predicted octanol–water partition coefficient (Wildman–Crippen LogP) is 7.39. The second-order valence-electron chi connectivity index (χ2n) is 12.3. The minimum Gasteiger partial charge on any atom is -0.493 e. The van der Waals surface area contributed by atoms with Gasteiger partial charge in [0.25, 0.3) is 0 Å². The molecular weight excluding hydrogens is 620 g/mol. The Morgan fingerprint density at radius 3 is 2.08 bits per heavy atom. The van der Waals surface area contributed by atoms with Crippen molar-refractivity contribution in [2.45, 2.75) is 31.5 Å². The monoisotopic (exact) mass is 658 g/mol. The third-order valence-electron chi connectivity index (χ3n) is 9.86. The molecule has 7 rings (SSSR count). The van der Waals surface area contributed by atoms with Gasteiger partial charge in [0.2, 0.25) is 5.75 Å². The molecule has 1 N–H and O–H groups in total. The Kier molecular flexibility index (Phi) is 8.50. The summed E-state index contributed by atoms with van der Waals surface area (Å²) in [5.41, 5.74) is 5.34. The van der Waals surface area contributed by atoms with Gasteiger partial charge in [-0.05, 0) is 41.8 Å². The number of anilines is 1. The Labute approximate surface area is 284 Å². The first-order valence-corrected chi connectivity index (χ1v) is 16.2. The number of nitrogens with one attached hydrogen (secondary N) is 1. The number of carbonyl (C=O) groups is 1. The molecule has 4 atom stereocenters. The minimum atomic E-state index is -0.536. The molecule has 250 valence electrons. The highest BCUT2D eigenvalue weighted by Gasteiger charge is 2.53. The molecule has 0 spiro atoms. The first-order valence-electron chi connectivity index (χ1n) is 16.2. The van der Waals surface area contributed by atoms with Gasteiger partial charge in [-0.25, -0.2) is 9.59 Å². The molecule has 49 heavy (non-hydrogen) atoms. The molecular formula is C40H38N2O7. The van der Waals surface area contributed by atoms with Gasteiger partial charge in [0.05, 0.1) is 46.1 Å². The van der Waals surface area contributed by atoms with Crippen LogP contribution in [0.5, 0.6) is 17.2 Å². The summed E-state index contributed by atoms with van der Waals surface area (Å²) in [6.07, 6.45) is 0. The van der Waals surface area contributed by atoms with E-state index >= 15 is 0 Å². The molecule has 9 heteroatoms. The molecule has 3 heterocycles. The zero-order valence-electron chi connectivity index (χ0n) is 28.1. The number of hydrogen-bond donors (Lipinski definition) is 1. The number of para-hydroxylation sites is 1. The summed E-state index contributed by atoms with van der Waals surface area (Å²) in [5.74, 6) is 0.187. The van der Waals surface area contributed by atoms with Crippen LogP contribution in [0.4, 0.5) is 5.69 Å². The number of allylic oxidation sites excluding steroid dienone is 1. The van der Waals surface area contributed by atoms with Crippen molar-refractivity contribution in [1.29, 1.82) is 0 Å². The summed E-state index contributed by atoms with van der Waals surface area (Å²) in [6.45, 7) is 2.46. The molecule has 4 aromatic carbocycles. The van der Waals surface area contributed by atoms with Crippen molar-refractivity contribution >= 4 is 22.6 Å². The topological polar surface area (TPSA) is 99.5 Å². The molecule has 2 aliphatic rings. The summed E-state index contributed by atoms with van der Waals surface area (Å²) in [4.78, 5) is 30.3. The summed E-state index contributed by atoms with van der Waals surface area (Å²) in [5, 5.41) is 4.45. The van der Waals surface area contributed by atoms with Crippen LogP contribution in [0.3, 0.4) is 0 Å². The predicted molar refractivity (Wildman–Crippen MR) is 187 cm³/mol. The summed E-state index contributed by atoms with van der Waals surface area (Å²) < 4.78 is 28.7. The Balaban J connectivity index is 1.60. The number of benzene rings is 4. The SMILES string of the molecule is COC(=O)C1=C(C)N(Cc2ccccc2)[C@@H]2c3c(c(=O)oc4ccccc34)N[C@@H](c3cc(OC)c(OC)c(OC)c3)[C@@H]2C1c1ccccc1. The molecule has 2 aliphatic heterocycles. The summed E-state index contributed by atoms with van der Waals surface area (Å²) >= 11 is 0. The van der Waals surface area contributed by atoms with Crippen LogP contribution in [0.2, 0.25) is 0 Å². The maximum Gasteiger partial charge on any atom is 0.360 e. The zero-order chi connectivity index (χ0) is 34.2. The number of hydrogen-bond acceptors (Lipinski definition) is 9. The average Bonchev–Trinajstić information content (AvgIpc) is 3.14. The Morgan fingerprint density at radius 2 is 1.45 bits per heavy atom. The highest BCUT2D eigenvalue weighted by Crippen LogP contribution is 2.59. The van der Waals surface area contributed by atoms with E-state index < -0.39 is 29.6 Å². The van der Waals surface area contributed by atoms with Gasteiger partial charge in [-0.1, -0.05) is 78.9 Å². The van der Waals surface area contributed by atoms with Gasteiger partial charge in [0, 0.05) is 35.0 Å². The molecule has 5 aromatic rings. The van der Waals surface area contributed by atoms with Crippen molar-refractivity contribution in [2.75, 3.05) is 33.8 Å². The van der Waals surface area contributed by atoms with Crippen LogP contribution in [0, 0.1) is 5.92 Å². The van der Waals surface area contributed by atoms with Crippen molar-refractivity contribution < 1.29 is 28.2 Å². The maximum atomic E-state index is 14.0. The molecule has 0 radical (unpaired) electrons. The standard InChI is InChI=1S/C40H38N2O7/c1-23-31(39(43)48-5)32(25-16-10-7-11-17-25)34-35(26-20-29(45-2)38(47-4)30(21-26)46-3)41-36-33(27-18-12-13-19-28(27)49-40(36)44)37(34)42(23)22-24-14-8-6-9-15-24/h6-21,32,34-35,37,41H,22H2,1-5H3/t32?,34-,35-,37+/m0/s1. The van der Waals surface area contributed by atoms with Crippen molar-refractivity contribution in [3.05, 3.63) is 141 Å². The number of fused-ring (bicyclic) bond motifs is 5. The van der Waals surface area contributed by atoms with Gasteiger partial charge in [0.15, 0.2) is 11.5 Å². The molecule has 0 saturated carbocycles. The highest BCUT2D eigenvalue weighted by molar-refractivity contribution is 5.92. The number of rotatable bonds is 8. The third kappa shape index (κ3) is 5.35. The number of methoxy groups -OCH3 is 4. The van der Waals surface area contributed by atoms with E-state index in [4.69, 9.17) is 23.4 Å². The van der Waals surface area contributed by atoms with Gasteiger partial charge >= 0.3 is 11.6 Å². The average molecular weight is 659 g/mol. The summed E-state index contributed by atoms with van der Waals surface area (Å²) in [7, 11) is 6.13. The molecule has 0 fully saturated rings. The fraction of sp³-hybridized carbons (Fsp3) is 0.250. The number of carbonyl (C=O) groups excluding carboxylic acids is 1. The van der Waals surface area contributed by atoms with E-state index in [1.54, 1.807) is 21.3 Å². The lowest BCUT2D eigenvalue weighted by atomic mass is 9.64. The van der Waals surface area contributed by atoms with Gasteiger partial charge in [0.1, 0.15) is 11.3 Å². The van der Waals surface area contributed by atoms with Crippen LogP contribution < -0.4 is 25.2 Å². The first kappa shape index (κ1) is 31.9. The minimum absolute atomic E-state index is 0.357. The lowest BCUT2D eigenvalue weighted by Gasteiger charge is -2.53. The molecule has 0 aliphatic carbocycles. The number of nitrogens with zero attached hydrogens (tertiary/aromatic N) is 1. The summed E-state index contributed by atoms with van der Waals surface area (Å²) in [6, 6.07) is 30.6. The van der Waals surface area contributed by atoms with E-state index in [-0.39, 0.29) is 5.92 Å². The number of esters is 1. The Bertz CT molecular complexity index is 2080. The van der Waals surface area contributed by atoms with Crippen molar-refractivity contribution in [3.8, 4) is 17.2 Å².